The standard InChI is InChI=1S/C16H11ClFN3/c17-14-5-1-12(2-6-14)16(9-21-11-19-10-20-21)13-3-7-15(18)8-4-13/h1-11H/b16-9-. The highest BCUT2D eigenvalue weighted by Crippen LogP contribution is 2.25. The van der Waals surface area contributed by atoms with Crippen molar-refractivity contribution < 1.29 is 4.39 Å². The summed E-state index contributed by atoms with van der Waals surface area (Å²) < 4.78 is 14.7. The van der Waals surface area contributed by atoms with Gasteiger partial charge in [-0.25, -0.2) is 14.1 Å². The fraction of sp³-hybridized carbons (Fsp3) is 0. The Hall–Kier alpha value is -2.46. The van der Waals surface area contributed by atoms with Crippen molar-refractivity contribution in [2.75, 3.05) is 0 Å². The lowest BCUT2D eigenvalue weighted by atomic mass is 9.99. The number of halogens is 2. The van der Waals surface area contributed by atoms with Gasteiger partial charge in [-0.3, -0.25) is 0 Å². The van der Waals surface area contributed by atoms with Crippen LogP contribution in [0.3, 0.4) is 0 Å². The van der Waals surface area contributed by atoms with Crippen LogP contribution in [0, 0.1) is 5.82 Å². The lowest BCUT2D eigenvalue weighted by molar-refractivity contribution is 0.627. The highest BCUT2D eigenvalue weighted by Gasteiger charge is 2.06. The molecule has 3 nitrogen and oxygen atoms in total. The average molecular weight is 300 g/mol. The molecule has 2 aromatic carbocycles. The molecular weight excluding hydrogens is 289 g/mol. The summed E-state index contributed by atoms with van der Waals surface area (Å²) in [7, 11) is 0. The van der Waals surface area contributed by atoms with E-state index in [-0.39, 0.29) is 5.82 Å². The first-order chi connectivity index (χ1) is 10.2. The lowest BCUT2D eigenvalue weighted by Gasteiger charge is -2.09. The van der Waals surface area contributed by atoms with Crippen LogP contribution in [-0.4, -0.2) is 14.8 Å². The molecule has 0 unspecified atom stereocenters. The van der Waals surface area contributed by atoms with Gasteiger partial charge in [0, 0.05) is 16.8 Å². The Morgan fingerprint density at radius 3 is 2.19 bits per heavy atom. The highest BCUT2D eigenvalue weighted by atomic mass is 35.5. The Labute approximate surface area is 126 Å². The van der Waals surface area contributed by atoms with E-state index in [0.717, 1.165) is 16.7 Å². The quantitative estimate of drug-likeness (QED) is 0.728. The molecule has 0 spiro atoms. The van der Waals surface area contributed by atoms with Crippen LogP contribution in [-0.2, 0) is 0 Å². The Kier molecular flexibility index (Phi) is 3.79. The van der Waals surface area contributed by atoms with E-state index in [1.165, 1.54) is 18.5 Å². The van der Waals surface area contributed by atoms with E-state index in [4.69, 9.17) is 11.6 Å². The van der Waals surface area contributed by atoms with Gasteiger partial charge in [-0.2, -0.15) is 5.10 Å². The summed E-state index contributed by atoms with van der Waals surface area (Å²) in [5, 5.41) is 4.74. The Bertz CT molecular complexity index is 700. The molecular formula is C16H11ClFN3. The zero-order chi connectivity index (χ0) is 14.7. The molecule has 0 aliphatic carbocycles. The summed E-state index contributed by atoms with van der Waals surface area (Å²) in [6.07, 6.45) is 4.89. The van der Waals surface area contributed by atoms with E-state index in [2.05, 4.69) is 10.1 Å². The summed E-state index contributed by atoms with van der Waals surface area (Å²) in [5.41, 5.74) is 2.74. The second-order valence-electron chi connectivity index (χ2n) is 4.43. The molecule has 5 heteroatoms. The minimum Gasteiger partial charge on any atom is -0.228 e. The van der Waals surface area contributed by atoms with Crippen LogP contribution >= 0.6 is 11.6 Å². The molecule has 1 heterocycles. The maximum absolute atomic E-state index is 13.1. The van der Waals surface area contributed by atoms with Crippen molar-refractivity contribution in [3.05, 3.63) is 83.2 Å². The topological polar surface area (TPSA) is 30.7 Å². The summed E-state index contributed by atoms with van der Waals surface area (Å²) >= 11 is 5.93. The van der Waals surface area contributed by atoms with Crippen LogP contribution in [0.4, 0.5) is 4.39 Å². The highest BCUT2D eigenvalue weighted by molar-refractivity contribution is 6.30. The molecule has 3 aromatic rings. The molecule has 0 saturated heterocycles. The molecule has 0 radical (unpaired) electrons. The van der Waals surface area contributed by atoms with Gasteiger partial charge < -0.3 is 0 Å². The van der Waals surface area contributed by atoms with Crippen LogP contribution in [0.2, 0.25) is 5.02 Å². The van der Waals surface area contributed by atoms with Crippen LogP contribution < -0.4 is 0 Å². The van der Waals surface area contributed by atoms with E-state index >= 15 is 0 Å². The predicted molar refractivity (Wildman–Crippen MR) is 81.1 cm³/mol. The molecule has 1 aromatic heterocycles. The van der Waals surface area contributed by atoms with Crippen LogP contribution in [0.1, 0.15) is 11.1 Å². The predicted octanol–water partition coefficient (Wildman–Crippen LogP) is 4.12. The van der Waals surface area contributed by atoms with Gasteiger partial charge in [0.2, 0.25) is 0 Å². The molecule has 21 heavy (non-hydrogen) atoms. The Morgan fingerprint density at radius 2 is 1.62 bits per heavy atom. The molecule has 0 N–H and O–H groups in total. The smallest absolute Gasteiger partial charge is 0.138 e. The molecule has 104 valence electrons. The minimum absolute atomic E-state index is 0.269. The first kappa shape index (κ1) is 13.5. The number of nitrogens with zero attached hydrogens (tertiary/aromatic N) is 3. The van der Waals surface area contributed by atoms with Gasteiger partial charge in [0.1, 0.15) is 18.5 Å². The number of aromatic nitrogens is 3. The first-order valence-electron chi connectivity index (χ1n) is 6.30. The lowest BCUT2D eigenvalue weighted by Crippen LogP contribution is -1.93. The number of hydrogen-bond acceptors (Lipinski definition) is 2. The largest absolute Gasteiger partial charge is 0.228 e. The normalized spacial score (nSPS) is 11.6. The van der Waals surface area contributed by atoms with E-state index in [1.807, 2.05) is 30.5 Å². The third kappa shape index (κ3) is 3.17. The molecule has 0 fully saturated rings. The van der Waals surface area contributed by atoms with Crippen molar-refractivity contribution >= 4 is 23.4 Å². The first-order valence-corrected chi connectivity index (χ1v) is 6.68. The SMILES string of the molecule is Fc1ccc(/C(=C\n2cncn2)c2ccc(Cl)cc2)cc1. The van der Waals surface area contributed by atoms with Gasteiger partial charge in [0.15, 0.2) is 0 Å². The van der Waals surface area contributed by atoms with E-state index < -0.39 is 0 Å². The van der Waals surface area contributed by atoms with Crippen LogP contribution in [0.25, 0.3) is 11.8 Å². The van der Waals surface area contributed by atoms with E-state index in [9.17, 15) is 4.39 Å². The molecule has 0 bridgehead atoms. The fourth-order valence-corrected chi connectivity index (χ4v) is 2.12. The van der Waals surface area contributed by atoms with Crippen molar-refractivity contribution in [1.29, 1.82) is 0 Å². The third-order valence-electron chi connectivity index (χ3n) is 3.01. The average Bonchev–Trinajstić information content (AvgIpc) is 3.00. The Balaban J connectivity index is 2.10. The van der Waals surface area contributed by atoms with Gasteiger partial charge >= 0.3 is 0 Å². The maximum Gasteiger partial charge on any atom is 0.138 e. The minimum atomic E-state index is -0.269. The molecule has 0 aliphatic rings. The van der Waals surface area contributed by atoms with Crippen molar-refractivity contribution in [2.45, 2.75) is 0 Å². The zero-order valence-corrected chi connectivity index (χ0v) is 11.7. The molecule has 0 aliphatic heterocycles. The summed E-state index contributed by atoms with van der Waals surface area (Å²) in [6, 6.07) is 13.8. The van der Waals surface area contributed by atoms with E-state index in [1.54, 1.807) is 23.1 Å². The van der Waals surface area contributed by atoms with Crippen molar-refractivity contribution in [1.82, 2.24) is 14.8 Å². The summed E-state index contributed by atoms with van der Waals surface area (Å²) in [4.78, 5) is 3.92. The van der Waals surface area contributed by atoms with Crippen molar-refractivity contribution in [2.24, 2.45) is 0 Å². The summed E-state index contributed by atoms with van der Waals surface area (Å²) in [6.45, 7) is 0. The van der Waals surface area contributed by atoms with Crippen molar-refractivity contribution in [3.8, 4) is 0 Å². The fourth-order valence-electron chi connectivity index (χ4n) is 1.99. The van der Waals surface area contributed by atoms with Gasteiger partial charge in [-0.15, -0.1) is 0 Å². The van der Waals surface area contributed by atoms with Gasteiger partial charge in [0.25, 0.3) is 0 Å². The third-order valence-corrected chi connectivity index (χ3v) is 3.26. The molecule has 0 saturated carbocycles. The van der Waals surface area contributed by atoms with E-state index in [0.29, 0.717) is 5.02 Å². The molecule has 0 amide bonds. The second-order valence-corrected chi connectivity index (χ2v) is 4.87. The number of hydrogen-bond donors (Lipinski definition) is 0. The van der Waals surface area contributed by atoms with Crippen molar-refractivity contribution in [3.63, 3.8) is 0 Å². The number of benzene rings is 2. The van der Waals surface area contributed by atoms with Crippen LogP contribution in [0.5, 0.6) is 0 Å². The van der Waals surface area contributed by atoms with Gasteiger partial charge in [-0.05, 0) is 35.4 Å². The zero-order valence-electron chi connectivity index (χ0n) is 10.9. The monoisotopic (exact) mass is 299 g/mol. The molecule has 0 atom stereocenters. The second kappa shape index (κ2) is 5.89. The summed E-state index contributed by atoms with van der Waals surface area (Å²) in [5.74, 6) is -0.269. The van der Waals surface area contributed by atoms with Gasteiger partial charge in [0.05, 0.1) is 0 Å². The number of rotatable bonds is 3. The molecule has 3 rings (SSSR count). The Morgan fingerprint density at radius 1 is 1.00 bits per heavy atom. The van der Waals surface area contributed by atoms with Gasteiger partial charge in [-0.1, -0.05) is 35.9 Å². The maximum atomic E-state index is 13.1. The van der Waals surface area contributed by atoms with Crippen LogP contribution in [0.15, 0.2) is 61.2 Å².